The second kappa shape index (κ2) is 6.84. The number of urea groups is 1. The van der Waals surface area contributed by atoms with E-state index in [9.17, 15) is 13.2 Å². The molecule has 2 aromatic heterocycles. The lowest BCUT2D eigenvalue weighted by Crippen LogP contribution is -2.34. The fraction of sp³-hybridized carbons (Fsp3) is 0.200. The minimum Gasteiger partial charge on any atom is -0.495 e. The zero-order chi connectivity index (χ0) is 18.9. The number of fused-ring (bicyclic) bond motifs is 1. The van der Waals surface area contributed by atoms with Gasteiger partial charge in [0.1, 0.15) is 10.6 Å². The van der Waals surface area contributed by atoms with Crippen molar-refractivity contribution in [1.82, 2.24) is 14.3 Å². The minimum absolute atomic E-state index is 0.0271. The third-order valence-corrected chi connectivity index (χ3v) is 5.80. The number of rotatable bonds is 5. The highest BCUT2D eigenvalue weighted by Gasteiger charge is 2.24. The van der Waals surface area contributed by atoms with Crippen molar-refractivity contribution in [2.24, 2.45) is 7.05 Å². The highest BCUT2D eigenvalue weighted by molar-refractivity contribution is 7.90. The van der Waals surface area contributed by atoms with Gasteiger partial charge in [0.2, 0.25) is 0 Å². The molecule has 0 atom stereocenters. The van der Waals surface area contributed by atoms with Crippen molar-refractivity contribution in [3.8, 4) is 10.8 Å². The first-order valence-electron chi connectivity index (χ1n) is 7.31. The summed E-state index contributed by atoms with van der Waals surface area (Å²) >= 11 is 1.07. The van der Waals surface area contributed by atoms with Gasteiger partial charge in [-0.2, -0.15) is 0 Å². The van der Waals surface area contributed by atoms with Crippen molar-refractivity contribution in [3.05, 3.63) is 30.6 Å². The Morgan fingerprint density at radius 1 is 1.27 bits per heavy atom. The van der Waals surface area contributed by atoms with Crippen LogP contribution in [0.1, 0.15) is 0 Å². The summed E-state index contributed by atoms with van der Waals surface area (Å²) in [6.07, 6.45) is 2.85. The zero-order valence-corrected chi connectivity index (χ0v) is 15.8. The van der Waals surface area contributed by atoms with Crippen molar-refractivity contribution in [2.75, 3.05) is 19.5 Å². The van der Waals surface area contributed by atoms with E-state index in [1.165, 1.54) is 26.6 Å². The van der Waals surface area contributed by atoms with Gasteiger partial charge in [0.05, 0.1) is 25.9 Å². The summed E-state index contributed by atoms with van der Waals surface area (Å²) in [5, 5.41) is 3.52. The average molecular weight is 396 g/mol. The molecule has 2 N–H and O–H groups in total. The molecule has 0 aliphatic carbocycles. The Balaban J connectivity index is 1.88. The summed E-state index contributed by atoms with van der Waals surface area (Å²) in [4.78, 5) is 15.9. The van der Waals surface area contributed by atoms with Gasteiger partial charge in [-0.05, 0) is 6.07 Å². The van der Waals surface area contributed by atoms with Gasteiger partial charge < -0.3 is 14.0 Å². The molecule has 0 saturated heterocycles. The molecule has 0 fully saturated rings. The highest BCUT2D eigenvalue weighted by atomic mass is 32.2. The van der Waals surface area contributed by atoms with Crippen LogP contribution in [0, 0.1) is 0 Å². The minimum atomic E-state index is -4.10. The molecule has 0 bridgehead atoms. The second-order valence-electron chi connectivity index (χ2n) is 5.21. The van der Waals surface area contributed by atoms with E-state index >= 15 is 0 Å². The van der Waals surface area contributed by atoms with Crippen LogP contribution in [-0.4, -0.2) is 38.2 Å². The third kappa shape index (κ3) is 3.30. The fourth-order valence-corrected chi connectivity index (χ4v) is 4.27. The highest BCUT2D eigenvalue weighted by Crippen LogP contribution is 2.31. The number of aromatic nitrogens is 2. The molecule has 3 aromatic rings. The van der Waals surface area contributed by atoms with Crippen molar-refractivity contribution in [1.29, 1.82) is 0 Å². The summed E-state index contributed by atoms with van der Waals surface area (Å²) in [5.74, 6) is 0.533. The van der Waals surface area contributed by atoms with Crippen LogP contribution in [0.3, 0.4) is 0 Å². The molecule has 0 aliphatic heterocycles. The number of benzene rings is 1. The first kappa shape index (κ1) is 18.0. The topological polar surface area (TPSA) is 112 Å². The predicted molar refractivity (Wildman–Crippen MR) is 97.5 cm³/mol. The lowest BCUT2D eigenvalue weighted by atomic mass is 10.2. The van der Waals surface area contributed by atoms with Crippen molar-refractivity contribution >= 4 is 43.4 Å². The van der Waals surface area contributed by atoms with Crippen LogP contribution in [0.25, 0.3) is 10.9 Å². The molecule has 0 radical (unpaired) electrons. The molecule has 11 heteroatoms. The number of hydrogen-bond acceptors (Lipinski definition) is 7. The van der Waals surface area contributed by atoms with Crippen molar-refractivity contribution < 1.29 is 22.7 Å². The molecule has 0 saturated carbocycles. The maximum Gasteiger partial charge on any atom is 0.334 e. The standard InChI is InChI=1S/C15H16N4O5S2/c1-19-8-11(9-5-4-6-10(23-2)13(9)19)26(21,22)18-14(20)17-15-16-7-12(24-3)25-15/h4-8H,1-3H3,(H2,16,17,18,20). The van der Waals surface area contributed by atoms with E-state index < -0.39 is 16.1 Å². The number of hydrogen-bond donors (Lipinski definition) is 2. The number of carbonyl (C=O) groups excluding carboxylic acids is 1. The van der Waals surface area contributed by atoms with Gasteiger partial charge in [-0.1, -0.05) is 23.5 Å². The van der Waals surface area contributed by atoms with Crippen LogP contribution in [-0.2, 0) is 17.1 Å². The molecule has 0 spiro atoms. The van der Waals surface area contributed by atoms with Crippen molar-refractivity contribution in [3.63, 3.8) is 0 Å². The fourth-order valence-electron chi connectivity index (χ4n) is 2.48. The largest absolute Gasteiger partial charge is 0.495 e. The molecular weight excluding hydrogens is 380 g/mol. The van der Waals surface area contributed by atoms with Crippen LogP contribution in [0.2, 0.25) is 0 Å². The molecule has 9 nitrogen and oxygen atoms in total. The number of aryl methyl sites for hydroxylation is 1. The average Bonchev–Trinajstić information content (AvgIpc) is 3.19. The lowest BCUT2D eigenvalue weighted by Gasteiger charge is -2.06. The van der Waals surface area contributed by atoms with Crippen LogP contribution < -0.4 is 19.5 Å². The van der Waals surface area contributed by atoms with Gasteiger partial charge in [0, 0.05) is 18.6 Å². The van der Waals surface area contributed by atoms with E-state index in [1.807, 2.05) is 4.72 Å². The Labute approximate surface area is 153 Å². The van der Waals surface area contributed by atoms with Gasteiger partial charge in [-0.15, -0.1) is 0 Å². The number of thiazole rings is 1. The molecule has 3 rings (SSSR count). The Morgan fingerprint density at radius 2 is 2.04 bits per heavy atom. The summed E-state index contributed by atoms with van der Waals surface area (Å²) in [6, 6.07) is 4.15. The van der Waals surface area contributed by atoms with E-state index in [0.717, 1.165) is 11.3 Å². The van der Waals surface area contributed by atoms with Gasteiger partial charge >= 0.3 is 6.03 Å². The number of nitrogens with one attached hydrogen (secondary N) is 2. The Morgan fingerprint density at radius 3 is 2.69 bits per heavy atom. The van der Waals surface area contributed by atoms with Gasteiger partial charge in [-0.3, -0.25) is 5.32 Å². The Kier molecular flexibility index (Phi) is 4.74. The summed E-state index contributed by atoms with van der Waals surface area (Å²) < 4.78 is 39.2. The lowest BCUT2D eigenvalue weighted by molar-refractivity contribution is 0.256. The normalized spacial score (nSPS) is 11.3. The molecule has 1 aromatic carbocycles. The van der Waals surface area contributed by atoms with Crippen LogP contribution in [0.15, 0.2) is 35.5 Å². The predicted octanol–water partition coefficient (Wildman–Crippen LogP) is 2.16. The number of carbonyl (C=O) groups is 1. The number of para-hydroxylation sites is 1. The first-order valence-corrected chi connectivity index (χ1v) is 9.61. The van der Waals surface area contributed by atoms with Crippen LogP contribution in [0.4, 0.5) is 9.93 Å². The number of nitrogens with zero attached hydrogens (tertiary/aromatic N) is 2. The molecule has 0 unspecified atom stereocenters. The van der Waals surface area contributed by atoms with Crippen LogP contribution >= 0.6 is 11.3 Å². The molecular formula is C15H16N4O5S2. The monoisotopic (exact) mass is 396 g/mol. The summed E-state index contributed by atoms with van der Waals surface area (Å²) in [6.45, 7) is 0. The van der Waals surface area contributed by atoms with E-state index in [4.69, 9.17) is 9.47 Å². The smallest absolute Gasteiger partial charge is 0.334 e. The number of methoxy groups -OCH3 is 2. The van der Waals surface area contributed by atoms with E-state index in [2.05, 4.69) is 10.3 Å². The first-order chi connectivity index (χ1) is 12.4. The van der Waals surface area contributed by atoms with Gasteiger partial charge in [0.15, 0.2) is 10.2 Å². The number of amides is 2. The van der Waals surface area contributed by atoms with Gasteiger partial charge in [0.25, 0.3) is 10.0 Å². The maximum atomic E-state index is 12.7. The second-order valence-corrected chi connectivity index (χ2v) is 7.85. The number of ether oxygens (including phenoxy) is 2. The summed E-state index contributed by atoms with van der Waals surface area (Å²) in [7, 11) is 0.571. The molecule has 138 valence electrons. The van der Waals surface area contributed by atoms with Crippen molar-refractivity contribution in [2.45, 2.75) is 4.90 Å². The molecule has 2 heterocycles. The number of sulfonamides is 1. The molecule has 26 heavy (non-hydrogen) atoms. The van der Waals surface area contributed by atoms with Gasteiger partial charge in [-0.25, -0.2) is 22.9 Å². The van der Waals surface area contributed by atoms with E-state index in [0.29, 0.717) is 21.7 Å². The summed E-state index contributed by atoms with van der Waals surface area (Å²) in [5.41, 5.74) is 0.612. The van der Waals surface area contributed by atoms with Crippen LogP contribution in [0.5, 0.6) is 10.8 Å². The molecule has 0 aliphatic rings. The van der Waals surface area contributed by atoms with E-state index in [-0.39, 0.29) is 10.0 Å². The maximum absolute atomic E-state index is 12.7. The Hall–Kier alpha value is -2.79. The third-order valence-electron chi connectivity index (χ3n) is 3.57. The zero-order valence-electron chi connectivity index (χ0n) is 14.1. The SMILES string of the molecule is COc1cnc(NC(=O)NS(=O)(=O)c2cn(C)c3c(OC)cccc23)s1. The quantitative estimate of drug-likeness (QED) is 0.684. The molecule has 2 amide bonds. The van der Waals surface area contributed by atoms with E-state index in [1.54, 1.807) is 29.8 Å². The Bertz CT molecular complexity index is 1070. The number of anilines is 1.